The van der Waals surface area contributed by atoms with Crippen LogP contribution in [-0.2, 0) is 19.1 Å². The molecular formula is C19H24N2O5. The zero-order valence-corrected chi connectivity index (χ0v) is 14.7. The summed E-state index contributed by atoms with van der Waals surface area (Å²) < 4.78 is 5.47. The summed E-state index contributed by atoms with van der Waals surface area (Å²) in [4.78, 5) is 40.0. The Morgan fingerprint density at radius 2 is 1.96 bits per heavy atom. The standard InChI is InChI=1S/C19H24N2O5/c22-16-8-4-5-9-21(16)18(14-6-2-1-3-7-14)19(25)20-10-11-26-15(13-20)12-17(23)24/h1-3,6-7,15,18H,4-5,8-13H2,(H,23,24)/t15-,18-/m0/s1. The van der Waals surface area contributed by atoms with Crippen molar-refractivity contribution in [2.75, 3.05) is 26.2 Å². The number of nitrogens with zero attached hydrogens (tertiary/aromatic N) is 2. The minimum absolute atomic E-state index is 0.00574. The molecule has 7 heteroatoms. The number of aliphatic carboxylic acids is 1. The lowest BCUT2D eigenvalue weighted by atomic mass is 9.99. The first-order chi connectivity index (χ1) is 12.6. The van der Waals surface area contributed by atoms with E-state index in [-0.39, 0.29) is 24.8 Å². The van der Waals surface area contributed by atoms with Crippen LogP contribution in [0.1, 0.15) is 37.3 Å². The summed E-state index contributed by atoms with van der Waals surface area (Å²) in [5.74, 6) is -1.12. The van der Waals surface area contributed by atoms with E-state index in [4.69, 9.17) is 9.84 Å². The fourth-order valence-corrected chi connectivity index (χ4v) is 3.60. The number of ether oxygens (including phenoxy) is 1. The van der Waals surface area contributed by atoms with E-state index in [0.717, 1.165) is 18.4 Å². The molecule has 7 nitrogen and oxygen atoms in total. The molecule has 2 amide bonds. The number of hydrogen-bond acceptors (Lipinski definition) is 4. The fourth-order valence-electron chi connectivity index (χ4n) is 3.60. The molecule has 2 heterocycles. The summed E-state index contributed by atoms with van der Waals surface area (Å²) >= 11 is 0. The molecule has 0 radical (unpaired) electrons. The molecule has 0 unspecified atom stereocenters. The summed E-state index contributed by atoms with van der Waals surface area (Å²) in [7, 11) is 0. The van der Waals surface area contributed by atoms with Crippen molar-refractivity contribution in [1.29, 1.82) is 0 Å². The molecule has 0 saturated carbocycles. The van der Waals surface area contributed by atoms with Gasteiger partial charge >= 0.3 is 5.97 Å². The van der Waals surface area contributed by atoms with Crippen molar-refractivity contribution in [2.45, 2.75) is 37.8 Å². The van der Waals surface area contributed by atoms with Gasteiger partial charge in [0.2, 0.25) is 11.8 Å². The second-order valence-electron chi connectivity index (χ2n) is 6.73. The molecule has 2 aliphatic rings. The van der Waals surface area contributed by atoms with E-state index in [1.165, 1.54) is 0 Å². The number of carboxylic acids is 1. The van der Waals surface area contributed by atoms with Gasteiger partial charge < -0.3 is 19.6 Å². The highest BCUT2D eigenvalue weighted by Gasteiger charge is 2.37. The summed E-state index contributed by atoms with van der Waals surface area (Å²) in [6.45, 7) is 1.50. The van der Waals surface area contributed by atoms with Gasteiger partial charge in [-0.05, 0) is 18.4 Å². The van der Waals surface area contributed by atoms with Gasteiger partial charge in [0.25, 0.3) is 0 Å². The van der Waals surface area contributed by atoms with Gasteiger partial charge in [0, 0.05) is 26.1 Å². The third-order valence-electron chi connectivity index (χ3n) is 4.87. The Bertz CT molecular complexity index is 663. The van der Waals surface area contributed by atoms with E-state index in [1.54, 1.807) is 9.80 Å². The number of carboxylic acid groups (broad SMARTS) is 1. The highest BCUT2D eigenvalue weighted by molar-refractivity contribution is 5.89. The number of carbonyl (C=O) groups excluding carboxylic acids is 2. The van der Waals surface area contributed by atoms with E-state index in [0.29, 0.717) is 26.1 Å². The van der Waals surface area contributed by atoms with Crippen molar-refractivity contribution in [3.8, 4) is 0 Å². The summed E-state index contributed by atoms with van der Waals surface area (Å²) in [5.41, 5.74) is 0.786. The molecule has 2 atom stereocenters. The fraction of sp³-hybridized carbons (Fsp3) is 0.526. The summed E-state index contributed by atoms with van der Waals surface area (Å²) in [6, 6.07) is 8.65. The van der Waals surface area contributed by atoms with Crippen molar-refractivity contribution < 1.29 is 24.2 Å². The Labute approximate surface area is 152 Å². The quantitative estimate of drug-likeness (QED) is 0.859. The van der Waals surface area contributed by atoms with Crippen LogP contribution in [0.15, 0.2) is 30.3 Å². The number of amides is 2. The molecule has 26 heavy (non-hydrogen) atoms. The van der Waals surface area contributed by atoms with Crippen LogP contribution in [0.4, 0.5) is 0 Å². The van der Waals surface area contributed by atoms with Crippen LogP contribution < -0.4 is 0 Å². The lowest BCUT2D eigenvalue weighted by molar-refractivity contribution is -0.154. The van der Waals surface area contributed by atoms with Gasteiger partial charge in [-0.2, -0.15) is 0 Å². The molecular weight excluding hydrogens is 336 g/mol. The first-order valence-corrected chi connectivity index (χ1v) is 9.03. The van der Waals surface area contributed by atoms with Crippen LogP contribution in [0.25, 0.3) is 0 Å². The van der Waals surface area contributed by atoms with Gasteiger partial charge in [-0.3, -0.25) is 14.4 Å². The van der Waals surface area contributed by atoms with Crippen molar-refractivity contribution >= 4 is 17.8 Å². The molecule has 1 N–H and O–H groups in total. The van der Waals surface area contributed by atoms with E-state index in [1.807, 2.05) is 30.3 Å². The highest BCUT2D eigenvalue weighted by atomic mass is 16.5. The SMILES string of the molecule is O=C(O)C[C@H]1CN(C(=O)[C@H](c2ccccc2)N2CCCCC2=O)CCO1. The summed E-state index contributed by atoms with van der Waals surface area (Å²) in [6.07, 6.45) is 1.54. The predicted molar refractivity (Wildman–Crippen MR) is 93.3 cm³/mol. The van der Waals surface area contributed by atoms with E-state index in [9.17, 15) is 14.4 Å². The van der Waals surface area contributed by atoms with Crippen LogP contribution in [0.3, 0.4) is 0 Å². The minimum Gasteiger partial charge on any atom is -0.481 e. The second-order valence-corrected chi connectivity index (χ2v) is 6.73. The molecule has 1 aromatic carbocycles. The van der Waals surface area contributed by atoms with Crippen LogP contribution in [-0.4, -0.2) is 65.0 Å². The second kappa shape index (κ2) is 8.31. The molecule has 1 aromatic rings. The molecule has 0 aromatic heterocycles. The highest BCUT2D eigenvalue weighted by Crippen LogP contribution is 2.28. The first kappa shape index (κ1) is 18.4. The number of hydrogen-bond donors (Lipinski definition) is 1. The molecule has 2 saturated heterocycles. The first-order valence-electron chi connectivity index (χ1n) is 9.03. The molecule has 2 fully saturated rings. The predicted octanol–water partition coefficient (Wildman–Crippen LogP) is 1.44. The molecule has 140 valence electrons. The van der Waals surface area contributed by atoms with Crippen LogP contribution in [0.2, 0.25) is 0 Å². The monoisotopic (exact) mass is 360 g/mol. The third-order valence-corrected chi connectivity index (χ3v) is 4.87. The Morgan fingerprint density at radius 3 is 2.65 bits per heavy atom. The van der Waals surface area contributed by atoms with Gasteiger partial charge in [0.05, 0.1) is 19.1 Å². The summed E-state index contributed by atoms with van der Waals surface area (Å²) in [5, 5.41) is 8.98. The molecule has 0 spiro atoms. The van der Waals surface area contributed by atoms with E-state index >= 15 is 0 Å². The van der Waals surface area contributed by atoms with Gasteiger partial charge in [-0.1, -0.05) is 30.3 Å². The minimum atomic E-state index is -0.949. The molecule has 2 aliphatic heterocycles. The zero-order chi connectivity index (χ0) is 18.5. The topological polar surface area (TPSA) is 87.2 Å². The smallest absolute Gasteiger partial charge is 0.306 e. The molecule has 0 bridgehead atoms. The number of likely N-dealkylation sites (tertiary alicyclic amines) is 1. The lowest BCUT2D eigenvalue weighted by Gasteiger charge is -2.39. The normalized spacial score (nSPS) is 22.2. The van der Waals surface area contributed by atoms with Crippen LogP contribution >= 0.6 is 0 Å². The van der Waals surface area contributed by atoms with Crippen molar-refractivity contribution in [2.24, 2.45) is 0 Å². The maximum Gasteiger partial charge on any atom is 0.306 e. The van der Waals surface area contributed by atoms with Crippen molar-refractivity contribution in [1.82, 2.24) is 9.80 Å². The number of rotatable bonds is 5. The Hall–Kier alpha value is -2.41. The molecule has 0 aliphatic carbocycles. The Morgan fingerprint density at radius 1 is 1.19 bits per heavy atom. The van der Waals surface area contributed by atoms with Gasteiger partial charge in [-0.25, -0.2) is 0 Å². The number of benzene rings is 1. The largest absolute Gasteiger partial charge is 0.481 e. The van der Waals surface area contributed by atoms with Gasteiger partial charge in [-0.15, -0.1) is 0 Å². The number of morpholine rings is 1. The van der Waals surface area contributed by atoms with Crippen molar-refractivity contribution in [3.63, 3.8) is 0 Å². The Balaban J connectivity index is 1.82. The Kier molecular flexibility index (Phi) is 5.88. The van der Waals surface area contributed by atoms with Crippen LogP contribution in [0.5, 0.6) is 0 Å². The van der Waals surface area contributed by atoms with Crippen LogP contribution in [0, 0.1) is 0 Å². The average Bonchev–Trinajstić information content (AvgIpc) is 2.64. The number of piperidine rings is 1. The van der Waals surface area contributed by atoms with E-state index < -0.39 is 18.1 Å². The maximum atomic E-state index is 13.3. The van der Waals surface area contributed by atoms with Gasteiger partial charge in [0.15, 0.2) is 0 Å². The van der Waals surface area contributed by atoms with E-state index in [2.05, 4.69) is 0 Å². The third kappa shape index (κ3) is 4.22. The lowest BCUT2D eigenvalue weighted by Crippen LogP contribution is -2.52. The van der Waals surface area contributed by atoms with Gasteiger partial charge in [0.1, 0.15) is 6.04 Å². The molecule has 3 rings (SSSR count). The maximum absolute atomic E-state index is 13.3. The average molecular weight is 360 g/mol. The number of carbonyl (C=O) groups is 3. The van der Waals surface area contributed by atoms with Crippen molar-refractivity contribution in [3.05, 3.63) is 35.9 Å². The zero-order valence-electron chi connectivity index (χ0n) is 14.7.